The van der Waals surface area contributed by atoms with Crippen LogP contribution in [0.3, 0.4) is 0 Å². The molecule has 1 aliphatic heterocycles. The molecule has 2 heterocycles. The Morgan fingerprint density at radius 3 is 3.06 bits per heavy atom. The Hall–Kier alpha value is -1.29. The first-order valence-electron chi connectivity index (χ1n) is 5.89. The standard InChI is InChI=1S/C12H19N3O/c1-15(9-10-5-2-3-7-13-10)12(16)11-6-4-8-14-11/h4,6,8,10,13-14H,2-3,5,7,9H2,1H3. The molecule has 1 unspecified atom stereocenters. The molecule has 1 amide bonds. The van der Waals surface area contributed by atoms with Gasteiger partial charge in [-0.15, -0.1) is 0 Å². The number of nitrogens with zero attached hydrogens (tertiary/aromatic N) is 1. The topological polar surface area (TPSA) is 48.1 Å². The molecule has 1 saturated heterocycles. The van der Waals surface area contributed by atoms with Crippen LogP contribution in [0.15, 0.2) is 18.3 Å². The first kappa shape index (κ1) is 11.2. The van der Waals surface area contributed by atoms with Crippen LogP contribution < -0.4 is 5.32 Å². The number of nitrogens with one attached hydrogen (secondary N) is 2. The minimum Gasteiger partial charge on any atom is -0.357 e. The van der Waals surface area contributed by atoms with Gasteiger partial charge >= 0.3 is 0 Å². The SMILES string of the molecule is CN(CC1CCCCN1)C(=O)c1ccc[nH]1. The number of rotatable bonds is 3. The van der Waals surface area contributed by atoms with Crippen molar-refractivity contribution in [1.29, 1.82) is 0 Å². The predicted molar refractivity (Wildman–Crippen MR) is 63.4 cm³/mol. The molecule has 1 aromatic rings. The maximum atomic E-state index is 11.9. The second-order valence-corrected chi connectivity index (χ2v) is 4.42. The fraction of sp³-hybridized carbons (Fsp3) is 0.583. The lowest BCUT2D eigenvalue weighted by atomic mass is 10.0. The van der Waals surface area contributed by atoms with Gasteiger partial charge in [0.05, 0.1) is 0 Å². The van der Waals surface area contributed by atoms with E-state index in [0.717, 1.165) is 13.1 Å². The smallest absolute Gasteiger partial charge is 0.270 e. The van der Waals surface area contributed by atoms with Gasteiger partial charge in [-0.2, -0.15) is 0 Å². The van der Waals surface area contributed by atoms with Gasteiger partial charge in [-0.05, 0) is 31.5 Å². The zero-order chi connectivity index (χ0) is 11.4. The lowest BCUT2D eigenvalue weighted by molar-refractivity contribution is 0.0770. The highest BCUT2D eigenvalue weighted by molar-refractivity contribution is 5.92. The molecule has 4 nitrogen and oxygen atoms in total. The van der Waals surface area contributed by atoms with Crippen LogP contribution >= 0.6 is 0 Å². The molecule has 1 aromatic heterocycles. The van der Waals surface area contributed by atoms with E-state index in [0.29, 0.717) is 11.7 Å². The van der Waals surface area contributed by atoms with Crippen molar-refractivity contribution >= 4 is 5.91 Å². The third-order valence-corrected chi connectivity index (χ3v) is 3.08. The van der Waals surface area contributed by atoms with Crippen LogP contribution in [0, 0.1) is 0 Å². The van der Waals surface area contributed by atoms with Crippen molar-refractivity contribution in [2.24, 2.45) is 0 Å². The van der Waals surface area contributed by atoms with Crippen molar-refractivity contribution in [3.8, 4) is 0 Å². The number of piperidine rings is 1. The summed E-state index contributed by atoms with van der Waals surface area (Å²) in [4.78, 5) is 16.7. The Morgan fingerprint density at radius 1 is 1.56 bits per heavy atom. The van der Waals surface area contributed by atoms with Crippen molar-refractivity contribution in [2.45, 2.75) is 25.3 Å². The molecule has 2 N–H and O–H groups in total. The van der Waals surface area contributed by atoms with Crippen molar-refractivity contribution in [2.75, 3.05) is 20.1 Å². The summed E-state index contributed by atoms with van der Waals surface area (Å²) in [6, 6.07) is 4.12. The van der Waals surface area contributed by atoms with Gasteiger partial charge in [0.15, 0.2) is 0 Å². The minimum absolute atomic E-state index is 0.0670. The van der Waals surface area contributed by atoms with E-state index in [2.05, 4.69) is 10.3 Å². The summed E-state index contributed by atoms with van der Waals surface area (Å²) in [5, 5.41) is 3.45. The van der Waals surface area contributed by atoms with E-state index in [1.54, 1.807) is 11.1 Å². The van der Waals surface area contributed by atoms with Gasteiger partial charge in [0.2, 0.25) is 0 Å². The molecule has 1 aliphatic rings. The zero-order valence-electron chi connectivity index (χ0n) is 9.70. The third kappa shape index (κ3) is 2.64. The van der Waals surface area contributed by atoms with Crippen LogP contribution in [0.4, 0.5) is 0 Å². The van der Waals surface area contributed by atoms with E-state index < -0.39 is 0 Å². The van der Waals surface area contributed by atoms with Gasteiger partial charge in [0.25, 0.3) is 5.91 Å². The third-order valence-electron chi connectivity index (χ3n) is 3.08. The van der Waals surface area contributed by atoms with Crippen LogP contribution in [0.5, 0.6) is 0 Å². The normalized spacial score (nSPS) is 20.7. The van der Waals surface area contributed by atoms with Gasteiger partial charge in [-0.25, -0.2) is 0 Å². The zero-order valence-corrected chi connectivity index (χ0v) is 9.70. The first-order valence-corrected chi connectivity index (χ1v) is 5.89. The monoisotopic (exact) mass is 221 g/mol. The molecular formula is C12H19N3O. The lowest BCUT2D eigenvalue weighted by Crippen LogP contribution is -2.44. The van der Waals surface area contributed by atoms with Crippen LogP contribution in [-0.2, 0) is 0 Å². The predicted octanol–water partition coefficient (Wildman–Crippen LogP) is 1.23. The van der Waals surface area contributed by atoms with Gasteiger partial charge in [-0.1, -0.05) is 6.42 Å². The molecule has 0 radical (unpaired) electrons. The molecule has 0 bridgehead atoms. The number of aromatic nitrogens is 1. The Balaban J connectivity index is 1.87. The van der Waals surface area contributed by atoms with E-state index in [1.165, 1.54) is 19.3 Å². The summed E-state index contributed by atoms with van der Waals surface area (Å²) in [5.74, 6) is 0.0670. The van der Waals surface area contributed by atoms with Crippen molar-refractivity contribution in [1.82, 2.24) is 15.2 Å². The number of hydrogen-bond acceptors (Lipinski definition) is 2. The molecule has 0 spiro atoms. The molecule has 1 atom stereocenters. The Bertz CT molecular complexity index is 328. The number of H-pyrrole nitrogens is 1. The average molecular weight is 221 g/mol. The van der Waals surface area contributed by atoms with Gasteiger partial charge in [-0.3, -0.25) is 4.79 Å². The van der Waals surface area contributed by atoms with Crippen LogP contribution in [0.25, 0.3) is 0 Å². The number of aromatic amines is 1. The van der Waals surface area contributed by atoms with E-state index in [9.17, 15) is 4.79 Å². The van der Waals surface area contributed by atoms with Gasteiger partial charge < -0.3 is 15.2 Å². The Labute approximate surface area is 96.0 Å². The highest BCUT2D eigenvalue weighted by atomic mass is 16.2. The summed E-state index contributed by atoms with van der Waals surface area (Å²) in [6.07, 6.45) is 5.47. The molecular weight excluding hydrogens is 202 g/mol. The average Bonchev–Trinajstić information content (AvgIpc) is 2.83. The van der Waals surface area contributed by atoms with Crippen LogP contribution in [0.1, 0.15) is 29.8 Å². The molecule has 88 valence electrons. The Morgan fingerprint density at radius 2 is 2.44 bits per heavy atom. The molecule has 2 rings (SSSR count). The second kappa shape index (κ2) is 5.16. The minimum atomic E-state index is 0.0670. The maximum absolute atomic E-state index is 11.9. The molecule has 1 fully saturated rings. The summed E-state index contributed by atoms with van der Waals surface area (Å²) in [7, 11) is 1.86. The lowest BCUT2D eigenvalue weighted by Gasteiger charge is -2.28. The summed E-state index contributed by atoms with van der Waals surface area (Å²) >= 11 is 0. The van der Waals surface area contributed by atoms with E-state index in [-0.39, 0.29) is 5.91 Å². The van der Waals surface area contributed by atoms with Crippen molar-refractivity contribution < 1.29 is 4.79 Å². The largest absolute Gasteiger partial charge is 0.357 e. The highest BCUT2D eigenvalue weighted by Gasteiger charge is 2.18. The fourth-order valence-electron chi connectivity index (χ4n) is 2.16. The number of carbonyl (C=O) groups excluding carboxylic acids is 1. The van der Waals surface area contributed by atoms with Crippen LogP contribution in [-0.4, -0.2) is 42.0 Å². The quantitative estimate of drug-likeness (QED) is 0.806. The molecule has 0 aliphatic carbocycles. The van der Waals surface area contributed by atoms with Gasteiger partial charge in [0, 0.05) is 25.8 Å². The summed E-state index contributed by atoms with van der Waals surface area (Å²) in [5.41, 5.74) is 0.665. The summed E-state index contributed by atoms with van der Waals surface area (Å²) in [6.45, 7) is 1.87. The van der Waals surface area contributed by atoms with E-state index >= 15 is 0 Å². The molecule has 0 saturated carbocycles. The van der Waals surface area contributed by atoms with E-state index in [1.807, 2.05) is 19.2 Å². The van der Waals surface area contributed by atoms with Crippen molar-refractivity contribution in [3.63, 3.8) is 0 Å². The Kier molecular flexibility index (Phi) is 3.62. The van der Waals surface area contributed by atoms with Crippen molar-refractivity contribution in [3.05, 3.63) is 24.0 Å². The number of amides is 1. The molecule has 16 heavy (non-hydrogen) atoms. The second-order valence-electron chi connectivity index (χ2n) is 4.42. The summed E-state index contributed by atoms with van der Waals surface area (Å²) < 4.78 is 0. The number of likely N-dealkylation sites (N-methyl/N-ethyl adjacent to an activating group) is 1. The number of hydrogen-bond donors (Lipinski definition) is 2. The maximum Gasteiger partial charge on any atom is 0.270 e. The first-order chi connectivity index (χ1) is 7.77. The van der Waals surface area contributed by atoms with E-state index in [4.69, 9.17) is 0 Å². The van der Waals surface area contributed by atoms with Gasteiger partial charge in [0.1, 0.15) is 5.69 Å². The van der Waals surface area contributed by atoms with Crippen LogP contribution in [0.2, 0.25) is 0 Å². The molecule has 0 aromatic carbocycles. The highest BCUT2D eigenvalue weighted by Crippen LogP contribution is 2.09. The fourth-order valence-corrected chi connectivity index (χ4v) is 2.16. The molecule has 4 heteroatoms. The number of carbonyl (C=O) groups is 1.